The van der Waals surface area contributed by atoms with E-state index in [1.165, 1.54) is 57.7 Å². The van der Waals surface area contributed by atoms with E-state index in [0.29, 0.717) is 18.9 Å². The number of hydrogen-bond acceptors (Lipinski definition) is 3. The number of rotatable bonds is 14. The number of carbonyl (C=O) groups is 1. The van der Waals surface area contributed by atoms with E-state index in [1.54, 1.807) is 6.92 Å². The summed E-state index contributed by atoms with van der Waals surface area (Å²) in [4.78, 5) is 13.5. The summed E-state index contributed by atoms with van der Waals surface area (Å²) >= 11 is 1.88. The number of carboxylic acid groups (broad SMARTS) is 1. The fourth-order valence-corrected chi connectivity index (χ4v) is 6.14. The molecule has 4 aromatic rings. The van der Waals surface area contributed by atoms with Gasteiger partial charge in [-0.3, -0.25) is 4.79 Å². The fraction of sp³-hybridized carbons (Fsp3) is 0.395. The first kappa shape index (κ1) is 33.1. The molecule has 1 aromatic heterocycles. The molecule has 0 aliphatic heterocycles. The summed E-state index contributed by atoms with van der Waals surface area (Å²) in [5.74, 6) is 0.603. The standard InChI is InChI=1S/C26H32OS.C12H16O2/c1-4-7-21(8-5-2)22-13-15-24(16-14-22)27-19-20-9-11-23(12-10-20)26-18-17-25(6-3)28-26;1-3-10-6-4-5-7-11(10)8-9(2)12(13)14/h9-18,21H,4-8,19H2,1-3H3;4-7,9H,3,8H2,1-2H3,(H,13,14). The predicted octanol–water partition coefficient (Wildman–Crippen LogP) is 10.8. The number of benzene rings is 3. The monoisotopic (exact) mass is 584 g/mol. The molecule has 3 aromatic carbocycles. The zero-order valence-electron chi connectivity index (χ0n) is 26.1. The summed E-state index contributed by atoms with van der Waals surface area (Å²) in [6.07, 6.45) is 7.71. The van der Waals surface area contributed by atoms with E-state index in [-0.39, 0.29) is 5.92 Å². The predicted molar refractivity (Wildman–Crippen MR) is 179 cm³/mol. The van der Waals surface area contributed by atoms with E-state index >= 15 is 0 Å². The number of hydrogen-bond donors (Lipinski definition) is 1. The zero-order valence-corrected chi connectivity index (χ0v) is 26.9. The van der Waals surface area contributed by atoms with Gasteiger partial charge in [-0.2, -0.15) is 0 Å². The Hall–Kier alpha value is -3.37. The van der Waals surface area contributed by atoms with Crippen LogP contribution in [0.1, 0.15) is 93.4 Å². The van der Waals surface area contributed by atoms with Gasteiger partial charge in [-0.05, 0) is 90.1 Å². The zero-order chi connectivity index (χ0) is 30.3. The summed E-state index contributed by atoms with van der Waals surface area (Å²) in [5, 5.41) is 8.81. The van der Waals surface area contributed by atoms with Crippen LogP contribution < -0.4 is 4.74 Å². The highest BCUT2D eigenvalue weighted by Crippen LogP contribution is 2.30. The molecule has 0 saturated carbocycles. The molecule has 0 aliphatic carbocycles. The lowest BCUT2D eigenvalue weighted by Gasteiger charge is -2.16. The van der Waals surface area contributed by atoms with Crippen molar-refractivity contribution in [2.45, 2.75) is 92.1 Å². The van der Waals surface area contributed by atoms with E-state index in [2.05, 4.69) is 94.4 Å². The molecule has 3 nitrogen and oxygen atoms in total. The van der Waals surface area contributed by atoms with Gasteiger partial charge in [0.1, 0.15) is 12.4 Å². The minimum atomic E-state index is -0.726. The fourth-order valence-electron chi connectivity index (χ4n) is 5.18. The lowest BCUT2D eigenvalue weighted by atomic mass is 9.90. The van der Waals surface area contributed by atoms with Crippen LogP contribution in [-0.4, -0.2) is 11.1 Å². The Kier molecular flexibility index (Phi) is 13.8. The van der Waals surface area contributed by atoms with Gasteiger partial charge in [-0.1, -0.05) is 108 Å². The first-order valence-electron chi connectivity index (χ1n) is 15.6. The van der Waals surface area contributed by atoms with Crippen LogP contribution in [0.4, 0.5) is 0 Å². The van der Waals surface area contributed by atoms with Crippen molar-refractivity contribution < 1.29 is 14.6 Å². The molecule has 0 bridgehead atoms. The molecule has 1 unspecified atom stereocenters. The van der Waals surface area contributed by atoms with Gasteiger partial charge < -0.3 is 9.84 Å². The molecule has 0 radical (unpaired) electrons. The van der Waals surface area contributed by atoms with Crippen molar-refractivity contribution in [1.82, 2.24) is 0 Å². The van der Waals surface area contributed by atoms with Crippen LogP contribution in [0, 0.1) is 5.92 Å². The van der Waals surface area contributed by atoms with Crippen molar-refractivity contribution >= 4 is 17.3 Å². The molecule has 4 heteroatoms. The van der Waals surface area contributed by atoms with Crippen molar-refractivity contribution in [2.24, 2.45) is 5.92 Å². The summed E-state index contributed by atoms with van der Waals surface area (Å²) in [7, 11) is 0. The molecule has 1 heterocycles. The Labute approximate surface area is 257 Å². The average molecular weight is 585 g/mol. The second-order valence-electron chi connectivity index (χ2n) is 11.0. The molecule has 1 atom stereocenters. The normalized spacial score (nSPS) is 11.6. The van der Waals surface area contributed by atoms with Gasteiger partial charge in [0, 0.05) is 9.75 Å². The Morgan fingerprint density at radius 1 is 0.786 bits per heavy atom. The van der Waals surface area contributed by atoms with Crippen LogP contribution in [0.25, 0.3) is 10.4 Å². The second-order valence-corrected chi connectivity index (χ2v) is 12.2. The van der Waals surface area contributed by atoms with Crippen molar-refractivity contribution in [3.63, 3.8) is 0 Å². The smallest absolute Gasteiger partial charge is 0.306 e. The van der Waals surface area contributed by atoms with Crippen molar-refractivity contribution in [1.29, 1.82) is 0 Å². The van der Waals surface area contributed by atoms with E-state index in [1.807, 2.05) is 29.5 Å². The summed E-state index contributed by atoms with van der Waals surface area (Å²) < 4.78 is 6.02. The maximum absolute atomic E-state index is 10.7. The highest BCUT2D eigenvalue weighted by molar-refractivity contribution is 7.15. The summed E-state index contributed by atoms with van der Waals surface area (Å²) in [5.41, 5.74) is 6.35. The Morgan fingerprint density at radius 3 is 1.98 bits per heavy atom. The lowest BCUT2D eigenvalue weighted by Crippen LogP contribution is -2.13. The third kappa shape index (κ3) is 10.2. The van der Waals surface area contributed by atoms with E-state index in [0.717, 1.165) is 24.2 Å². The summed E-state index contributed by atoms with van der Waals surface area (Å²) in [6.45, 7) is 11.2. The lowest BCUT2D eigenvalue weighted by molar-refractivity contribution is -0.141. The van der Waals surface area contributed by atoms with Gasteiger partial charge in [-0.15, -0.1) is 11.3 Å². The van der Waals surface area contributed by atoms with Crippen molar-refractivity contribution in [3.05, 3.63) is 112 Å². The average Bonchev–Trinajstić information content (AvgIpc) is 3.50. The van der Waals surface area contributed by atoms with Crippen LogP contribution >= 0.6 is 11.3 Å². The maximum atomic E-state index is 10.7. The minimum Gasteiger partial charge on any atom is -0.489 e. The highest BCUT2D eigenvalue weighted by Gasteiger charge is 2.13. The van der Waals surface area contributed by atoms with Crippen LogP contribution in [-0.2, 0) is 30.7 Å². The first-order chi connectivity index (χ1) is 20.4. The van der Waals surface area contributed by atoms with Gasteiger partial charge in [0.05, 0.1) is 5.92 Å². The Morgan fingerprint density at radius 2 is 1.43 bits per heavy atom. The molecule has 1 N–H and O–H groups in total. The number of aryl methyl sites for hydroxylation is 2. The van der Waals surface area contributed by atoms with Crippen LogP contribution in [0.3, 0.4) is 0 Å². The molecule has 0 amide bonds. The molecule has 0 saturated heterocycles. The summed E-state index contributed by atoms with van der Waals surface area (Å²) in [6, 6.07) is 30.0. The maximum Gasteiger partial charge on any atom is 0.306 e. The Balaban J connectivity index is 0.000000291. The van der Waals surface area contributed by atoms with Gasteiger partial charge >= 0.3 is 5.97 Å². The molecule has 0 spiro atoms. The van der Waals surface area contributed by atoms with Gasteiger partial charge in [0.15, 0.2) is 0 Å². The number of carboxylic acids is 1. The molecule has 224 valence electrons. The van der Waals surface area contributed by atoms with E-state index < -0.39 is 5.97 Å². The van der Waals surface area contributed by atoms with Gasteiger partial charge in [0.25, 0.3) is 0 Å². The number of thiophene rings is 1. The molecule has 0 fully saturated rings. The molecule has 0 aliphatic rings. The highest BCUT2D eigenvalue weighted by atomic mass is 32.1. The third-order valence-corrected chi connectivity index (χ3v) is 9.01. The van der Waals surface area contributed by atoms with Gasteiger partial charge in [-0.25, -0.2) is 0 Å². The number of ether oxygens (including phenoxy) is 1. The first-order valence-corrected chi connectivity index (χ1v) is 16.4. The molecular formula is C38H48O3S. The molecular weight excluding hydrogens is 536 g/mol. The van der Waals surface area contributed by atoms with Crippen molar-refractivity contribution in [3.8, 4) is 16.2 Å². The van der Waals surface area contributed by atoms with Crippen molar-refractivity contribution in [2.75, 3.05) is 0 Å². The SMILES string of the molecule is CCCC(CCC)c1ccc(OCc2ccc(-c3ccc(CC)s3)cc2)cc1.CCc1ccccc1CC(C)C(=O)O. The third-order valence-electron chi connectivity index (χ3n) is 7.73. The van der Waals surface area contributed by atoms with Crippen LogP contribution in [0.15, 0.2) is 84.9 Å². The van der Waals surface area contributed by atoms with Crippen LogP contribution in [0.2, 0.25) is 0 Å². The molecule has 42 heavy (non-hydrogen) atoms. The second kappa shape index (κ2) is 17.6. The van der Waals surface area contributed by atoms with E-state index in [4.69, 9.17) is 9.84 Å². The quantitative estimate of drug-likeness (QED) is 0.160. The van der Waals surface area contributed by atoms with E-state index in [9.17, 15) is 4.79 Å². The number of aliphatic carboxylic acids is 1. The minimum absolute atomic E-state index is 0.303. The van der Waals surface area contributed by atoms with Crippen LogP contribution in [0.5, 0.6) is 5.75 Å². The topological polar surface area (TPSA) is 46.5 Å². The Bertz CT molecular complexity index is 1330. The van der Waals surface area contributed by atoms with Gasteiger partial charge in [0.2, 0.25) is 0 Å². The molecule has 4 rings (SSSR count). The largest absolute Gasteiger partial charge is 0.489 e.